The van der Waals surface area contributed by atoms with Crippen LogP contribution < -0.4 is 5.73 Å². The molecule has 1 saturated heterocycles. The number of nitrogens with two attached hydrogens (primary N) is 1. The number of primary amides is 1. The van der Waals surface area contributed by atoms with Crippen molar-refractivity contribution in [2.75, 3.05) is 5.33 Å². The Morgan fingerprint density at radius 1 is 1.88 bits per heavy atom. The molecule has 1 aliphatic heterocycles. The van der Waals surface area contributed by atoms with Gasteiger partial charge in [0.15, 0.2) is 6.10 Å². The predicted molar refractivity (Wildman–Crippen MR) is 31.6 cm³/mol. The van der Waals surface area contributed by atoms with Crippen molar-refractivity contribution in [2.45, 2.75) is 12.2 Å². The summed E-state index contributed by atoms with van der Waals surface area (Å²) in [4.78, 5) is 10.2. The van der Waals surface area contributed by atoms with Gasteiger partial charge in [-0.2, -0.15) is 0 Å². The molecule has 0 saturated carbocycles. The lowest BCUT2D eigenvalue weighted by molar-refractivity contribution is -0.119. The highest BCUT2D eigenvalue weighted by Crippen LogP contribution is 2.22. The van der Waals surface area contributed by atoms with Crippen LogP contribution in [0.1, 0.15) is 0 Å². The second kappa shape index (κ2) is 2.03. The lowest BCUT2D eigenvalue weighted by Crippen LogP contribution is -2.19. The molecule has 0 radical (unpaired) electrons. The third kappa shape index (κ3) is 1.00. The topological polar surface area (TPSA) is 55.6 Å². The van der Waals surface area contributed by atoms with E-state index in [1.165, 1.54) is 0 Å². The van der Waals surface area contributed by atoms with Gasteiger partial charge in [-0.1, -0.05) is 15.9 Å². The molecule has 2 atom stereocenters. The smallest absolute Gasteiger partial charge is 0.249 e. The van der Waals surface area contributed by atoms with Crippen LogP contribution in [0.3, 0.4) is 0 Å². The van der Waals surface area contributed by atoms with Crippen molar-refractivity contribution >= 4 is 21.8 Å². The minimum absolute atomic E-state index is 0.0347. The number of amides is 1. The minimum Gasteiger partial charge on any atom is -0.367 e. The summed E-state index contributed by atoms with van der Waals surface area (Å²) in [6.07, 6.45) is -0.290. The predicted octanol–water partition coefficient (Wildman–Crippen LogP) is -0.366. The lowest BCUT2D eigenvalue weighted by Gasteiger charge is -1.78. The fourth-order valence-corrected chi connectivity index (χ4v) is 1.00. The van der Waals surface area contributed by atoms with Crippen LogP contribution in [0.15, 0.2) is 0 Å². The van der Waals surface area contributed by atoms with E-state index < -0.39 is 0 Å². The van der Waals surface area contributed by atoms with Crippen LogP contribution in [0.5, 0.6) is 0 Å². The molecule has 46 valence electrons. The highest BCUT2D eigenvalue weighted by molar-refractivity contribution is 9.09. The van der Waals surface area contributed by atoms with Crippen molar-refractivity contribution in [3.63, 3.8) is 0 Å². The second-order valence-electron chi connectivity index (χ2n) is 1.65. The van der Waals surface area contributed by atoms with Crippen molar-refractivity contribution in [3.05, 3.63) is 0 Å². The highest BCUT2D eigenvalue weighted by Gasteiger charge is 2.42. The maximum atomic E-state index is 10.2. The van der Waals surface area contributed by atoms with Gasteiger partial charge in [-0.3, -0.25) is 4.79 Å². The number of epoxide rings is 1. The van der Waals surface area contributed by atoms with E-state index in [1.807, 2.05) is 0 Å². The van der Waals surface area contributed by atoms with Crippen LogP contribution in [0, 0.1) is 0 Å². The van der Waals surface area contributed by atoms with E-state index in [4.69, 9.17) is 10.5 Å². The normalized spacial score (nSPS) is 34.6. The van der Waals surface area contributed by atoms with E-state index in [0.29, 0.717) is 5.33 Å². The number of hydrogen-bond donors (Lipinski definition) is 1. The van der Waals surface area contributed by atoms with Gasteiger partial charge in [0.2, 0.25) is 5.91 Å². The van der Waals surface area contributed by atoms with E-state index in [1.54, 1.807) is 0 Å². The van der Waals surface area contributed by atoms with Gasteiger partial charge >= 0.3 is 0 Å². The zero-order valence-corrected chi connectivity index (χ0v) is 5.72. The molecule has 2 N–H and O–H groups in total. The summed E-state index contributed by atoms with van der Waals surface area (Å²) in [5.74, 6) is -0.366. The number of carbonyl (C=O) groups excluding carboxylic acids is 1. The van der Waals surface area contributed by atoms with Gasteiger partial charge in [-0.25, -0.2) is 0 Å². The average molecular weight is 180 g/mol. The summed E-state index contributed by atoms with van der Waals surface area (Å²) in [6.45, 7) is 0. The van der Waals surface area contributed by atoms with E-state index in [-0.39, 0.29) is 18.1 Å². The minimum atomic E-state index is -0.366. The molecule has 1 heterocycles. The molecule has 1 amide bonds. The molecule has 1 rings (SSSR count). The lowest BCUT2D eigenvalue weighted by atomic mass is 10.3. The Kier molecular flexibility index (Phi) is 1.53. The molecule has 3 nitrogen and oxygen atoms in total. The Balaban J connectivity index is 2.26. The van der Waals surface area contributed by atoms with E-state index in [0.717, 1.165) is 0 Å². The molecular weight excluding hydrogens is 174 g/mol. The first-order valence-electron chi connectivity index (χ1n) is 2.26. The van der Waals surface area contributed by atoms with Crippen LogP contribution in [-0.2, 0) is 9.53 Å². The number of carbonyl (C=O) groups is 1. The van der Waals surface area contributed by atoms with Crippen molar-refractivity contribution in [1.29, 1.82) is 0 Å². The number of rotatable bonds is 2. The van der Waals surface area contributed by atoms with Gasteiger partial charge in [0.1, 0.15) is 6.10 Å². The Morgan fingerprint density at radius 2 is 2.50 bits per heavy atom. The van der Waals surface area contributed by atoms with Crippen molar-refractivity contribution < 1.29 is 9.53 Å². The van der Waals surface area contributed by atoms with Crippen LogP contribution in [-0.4, -0.2) is 23.4 Å². The summed E-state index contributed by atoms with van der Waals surface area (Å²) in [6, 6.07) is 0. The number of alkyl halides is 1. The van der Waals surface area contributed by atoms with Crippen LogP contribution in [0.25, 0.3) is 0 Å². The first-order chi connectivity index (χ1) is 3.75. The Morgan fingerprint density at radius 3 is 2.62 bits per heavy atom. The van der Waals surface area contributed by atoms with E-state index in [9.17, 15) is 4.79 Å². The van der Waals surface area contributed by atoms with Gasteiger partial charge in [0.25, 0.3) is 0 Å². The first-order valence-corrected chi connectivity index (χ1v) is 3.38. The van der Waals surface area contributed by atoms with Crippen LogP contribution in [0.4, 0.5) is 0 Å². The summed E-state index contributed by atoms with van der Waals surface area (Å²) in [5.41, 5.74) is 4.88. The quantitative estimate of drug-likeness (QED) is 0.465. The van der Waals surface area contributed by atoms with Crippen molar-refractivity contribution in [2.24, 2.45) is 5.73 Å². The van der Waals surface area contributed by atoms with Crippen LogP contribution >= 0.6 is 15.9 Å². The Hall–Kier alpha value is -0.0900. The zero-order chi connectivity index (χ0) is 6.15. The molecule has 0 spiro atoms. The number of ether oxygens (including phenoxy) is 1. The molecule has 1 aliphatic rings. The molecule has 8 heavy (non-hydrogen) atoms. The van der Waals surface area contributed by atoms with Crippen LogP contribution in [0.2, 0.25) is 0 Å². The molecule has 0 bridgehead atoms. The highest BCUT2D eigenvalue weighted by atomic mass is 79.9. The van der Waals surface area contributed by atoms with E-state index in [2.05, 4.69) is 15.9 Å². The molecular formula is C4H6BrNO2. The molecule has 1 fully saturated rings. The molecule has 0 aromatic rings. The third-order valence-electron chi connectivity index (χ3n) is 1.01. The molecule has 4 heteroatoms. The molecule has 0 unspecified atom stereocenters. The number of halogens is 1. The van der Waals surface area contributed by atoms with E-state index >= 15 is 0 Å². The summed E-state index contributed by atoms with van der Waals surface area (Å²) < 4.78 is 4.81. The molecule has 0 aromatic heterocycles. The first kappa shape index (κ1) is 6.04. The van der Waals surface area contributed by atoms with Gasteiger partial charge in [-0.15, -0.1) is 0 Å². The van der Waals surface area contributed by atoms with Crippen molar-refractivity contribution in [3.8, 4) is 0 Å². The second-order valence-corrected chi connectivity index (χ2v) is 2.30. The maximum absolute atomic E-state index is 10.2. The SMILES string of the molecule is NC(=O)[C@H]1O[C@@H]1CBr. The molecule has 0 aromatic carbocycles. The van der Waals surface area contributed by atoms with Gasteiger partial charge in [0.05, 0.1) is 0 Å². The van der Waals surface area contributed by atoms with Gasteiger partial charge in [-0.05, 0) is 0 Å². The Labute approximate surface area is 55.3 Å². The fourth-order valence-electron chi connectivity index (χ4n) is 0.511. The maximum Gasteiger partial charge on any atom is 0.249 e. The summed E-state index contributed by atoms with van der Waals surface area (Å²) in [7, 11) is 0. The third-order valence-corrected chi connectivity index (χ3v) is 1.65. The Bertz CT molecular complexity index is 117. The summed E-state index contributed by atoms with van der Waals surface area (Å²) in [5, 5.41) is 0.695. The largest absolute Gasteiger partial charge is 0.367 e. The molecule has 0 aliphatic carbocycles. The van der Waals surface area contributed by atoms with Crippen molar-refractivity contribution in [1.82, 2.24) is 0 Å². The standard InChI is InChI=1S/C4H6BrNO2/c5-1-2-3(8-2)4(6)7/h2-3H,1H2,(H2,6,7)/t2-,3+/m1/s1. The fraction of sp³-hybridized carbons (Fsp3) is 0.750. The monoisotopic (exact) mass is 179 g/mol. The number of hydrogen-bond acceptors (Lipinski definition) is 2. The average Bonchev–Trinajstić information content (AvgIpc) is 2.42. The summed E-state index contributed by atoms with van der Waals surface area (Å²) >= 11 is 3.15. The van der Waals surface area contributed by atoms with Gasteiger partial charge in [0, 0.05) is 5.33 Å². The van der Waals surface area contributed by atoms with Gasteiger partial charge < -0.3 is 10.5 Å². The zero-order valence-electron chi connectivity index (χ0n) is 4.13.